The molecule has 1 saturated heterocycles. The molecule has 0 radical (unpaired) electrons. The van der Waals surface area contributed by atoms with Crippen LogP contribution in [0.4, 0.5) is 17.6 Å². The maximum atomic E-state index is 5.86. The van der Waals surface area contributed by atoms with E-state index in [9.17, 15) is 0 Å². The molecule has 1 unspecified atom stereocenters. The van der Waals surface area contributed by atoms with Crippen molar-refractivity contribution in [2.24, 2.45) is 0 Å². The quantitative estimate of drug-likeness (QED) is 0.907. The first-order chi connectivity index (χ1) is 12.0. The van der Waals surface area contributed by atoms with Crippen LogP contribution >= 0.6 is 0 Å². The largest absolute Gasteiger partial charge is 0.369 e. The number of rotatable bonds is 4. The van der Waals surface area contributed by atoms with E-state index in [1.165, 1.54) is 11.3 Å². The number of aryl methyl sites for hydroxylation is 1. The van der Waals surface area contributed by atoms with Gasteiger partial charge in [0.1, 0.15) is 0 Å². The number of nitrogens with two attached hydrogens (primary N) is 1. The number of nitrogen functional groups attached to an aromatic ring is 1. The molecule has 7 heteroatoms. The SMILES string of the molecule is Cc1ccccc1N1CCN(C(C)c2nc(N)nc(N(C)C)n2)CC1. The Morgan fingerprint density at radius 2 is 1.72 bits per heavy atom. The summed E-state index contributed by atoms with van der Waals surface area (Å²) in [5.74, 6) is 1.62. The Bertz CT molecular complexity index is 723. The van der Waals surface area contributed by atoms with Crippen molar-refractivity contribution in [2.75, 3.05) is 55.8 Å². The van der Waals surface area contributed by atoms with E-state index in [-0.39, 0.29) is 12.0 Å². The summed E-state index contributed by atoms with van der Waals surface area (Å²) in [6, 6.07) is 8.67. The second-order valence-electron chi connectivity index (χ2n) is 6.73. The van der Waals surface area contributed by atoms with Gasteiger partial charge in [-0.25, -0.2) is 0 Å². The van der Waals surface area contributed by atoms with Crippen molar-refractivity contribution in [3.8, 4) is 0 Å². The highest BCUT2D eigenvalue weighted by molar-refractivity contribution is 5.53. The summed E-state index contributed by atoms with van der Waals surface area (Å²) in [6.45, 7) is 8.24. The van der Waals surface area contributed by atoms with Crippen LogP contribution in [0.2, 0.25) is 0 Å². The van der Waals surface area contributed by atoms with Gasteiger partial charge in [0, 0.05) is 46.0 Å². The molecule has 0 amide bonds. The molecule has 1 aliphatic heterocycles. The lowest BCUT2D eigenvalue weighted by Gasteiger charge is -2.39. The van der Waals surface area contributed by atoms with E-state index in [4.69, 9.17) is 5.73 Å². The summed E-state index contributed by atoms with van der Waals surface area (Å²) < 4.78 is 0. The van der Waals surface area contributed by atoms with Crippen LogP contribution in [0.25, 0.3) is 0 Å². The minimum atomic E-state index is 0.114. The van der Waals surface area contributed by atoms with Gasteiger partial charge in [0.15, 0.2) is 5.82 Å². The van der Waals surface area contributed by atoms with Crippen LogP contribution in [-0.2, 0) is 0 Å². The Hall–Kier alpha value is -2.41. The smallest absolute Gasteiger partial charge is 0.229 e. The number of aromatic nitrogens is 3. The van der Waals surface area contributed by atoms with Gasteiger partial charge in [-0.2, -0.15) is 15.0 Å². The highest BCUT2D eigenvalue weighted by Crippen LogP contribution is 2.24. The lowest BCUT2D eigenvalue weighted by Crippen LogP contribution is -2.47. The van der Waals surface area contributed by atoms with Crippen molar-refractivity contribution < 1.29 is 0 Å². The molecule has 0 spiro atoms. The topological polar surface area (TPSA) is 74.4 Å². The van der Waals surface area contributed by atoms with Crippen LogP contribution in [0.3, 0.4) is 0 Å². The van der Waals surface area contributed by atoms with E-state index in [0.29, 0.717) is 5.95 Å². The van der Waals surface area contributed by atoms with Crippen LogP contribution in [-0.4, -0.2) is 60.1 Å². The first kappa shape index (κ1) is 17.4. The highest BCUT2D eigenvalue weighted by Gasteiger charge is 2.25. The normalized spacial score (nSPS) is 16.7. The average molecular weight is 341 g/mol. The van der Waals surface area contributed by atoms with Crippen molar-refractivity contribution in [3.05, 3.63) is 35.7 Å². The van der Waals surface area contributed by atoms with Gasteiger partial charge in [-0.05, 0) is 25.5 Å². The van der Waals surface area contributed by atoms with Crippen molar-refractivity contribution in [1.82, 2.24) is 19.9 Å². The summed E-state index contributed by atoms with van der Waals surface area (Å²) in [6.07, 6.45) is 0. The van der Waals surface area contributed by atoms with Crippen molar-refractivity contribution >= 4 is 17.6 Å². The minimum absolute atomic E-state index is 0.114. The maximum absolute atomic E-state index is 5.86. The molecule has 1 aromatic carbocycles. The van der Waals surface area contributed by atoms with E-state index >= 15 is 0 Å². The second-order valence-corrected chi connectivity index (χ2v) is 6.73. The van der Waals surface area contributed by atoms with Gasteiger partial charge >= 0.3 is 0 Å². The lowest BCUT2D eigenvalue weighted by molar-refractivity contribution is 0.191. The lowest BCUT2D eigenvalue weighted by atomic mass is 10.1. The van der Waals surface area contributed by atoms with Crippen LogP contribution in [0.1, 0.15) is 24.4 Å². The summed E-state index contributed by atoms with van der Waals surface area (Å²) >= 11 is 0. The Morgan fingerprint density at radius 1 is 1.04 bits per heavy atom. The fourth-order valence-corrected chi connectivity index (χ4v) is 3.22. The van der Waals surface area contributed by atoms with Crippen molar-refractivity contribution in [1.29, 1.82) is 0 Å². The third-order valence-corrected chi connectivity index (χ3v) is 4.75. The number of hydrogen-bond acceptors (Lipinski definition) is 7. The van der Waals surface area contributed by atoms with Gasteiger partial charge in [-0.1, -0.05) is 18.2 Å². The predicted octanol–water partition coefficient (Wildman–Crippen LogP) is 1.71. The van der Waals surface area contributed by atoms with Crippen molar-refractivity contribution in [3.63, 3.8) is 0 Å². The van der Waals surface area contributed by atoms with Gasteiger partial charge in [0.05, 0.1) is 6.04 Å². The summed E-state index contributed by atoms with van der Waals surface area (Å²) in [7, 11) is 3.81. The Labute approximate surface area is 149 Å². The van der Waals surface area contributed by atoms with E-state index in [1.54, 1.807) is 0 Å². The third-order valence-electron chi connectivity index (χ3n) is 4.75. The van der Waals surface area contributed by atoms with Gasteiger partial charge in [0.2, 0.25) is 11.9 Å². The van der Waals surface area contributed by atoms with Crippen LogP contribution in [0, 0.1) is 6.92 Å². The molecule has 1 aliphatic rings. The zero-order valence-electron chi connectivity index (χ0n) is 15.5. The average Bonchev–Trinajstić information content (AvgIpc) is 2.61. The summed E-state index contributed by atoms with van der Waals surface area (Å²) in [5, 5.41) is 0. The summed E-state index contributed by atoms with van der Waals surface area (Å²) in [5.41, 5.74) is 8.52. The van der Waals surface area contributed by atoms with Gasteiger partial charge in [-0.15, -0.1) is 0 Å². The number of nitrogens with zero attached hydrogens (tertiary/aromatic N) is 6. The van der Waals surface area contributed by atoms with E-state index in [0.717, 1.165) is 32.0 Å². The first-order valence-corrected chi connectivity index (χ1v) is 8.69. The Morgan fingerprint density at radius 3 is 2.36 bits per heavy atom. The standard InChI is InChI=1S/C18H27N7/c1-13-7-5-6-8-15(13)25-11-9-24(10-12-25)14(2)16-20-17(19)22-18(21-16)23(3)4/h5-8,14H,9-12H2,1-4H3,(H2,19,20,21,22). The maximum Gasteiger partial charge on any atom is 0.229 e. The Kier molecular flexibility index (Phi) is 5.03. The molecule has 1 aromatic heterocycles. The number of benzene rings is 1. The molecule has 2 heterocycles. The molecule has 0 bridgehead atoms. The van der Waals surface area contributed by atoms with E-state index in [2.05, 4.69) is 62.9 Å². The highest BCUT2D eigenvalue weighted by atomic mass is 15.3. The second kappa shape index (κ2) is 7.23. The number of anilines is 3. The molecule has 134 valence electrons. The monoisotopic (exact) mass is 341 g/mol. The number of para-hydroxylation sites is 1. The molecule has 25 heavy (non-hydrogen) atoms. The molecule has 2 aromatic rings. The zero-order valence-corrected chi connectivity index (χ0v) is 15.5. The molecular formula is C18H27N7. The van der Waals surface area contributed by atoms with Gasteiger partial charge in [0.25, 0.3) is 0 Å². The van der Waals surface area contributed by atoms with Crippen molar-refractivity contribution in [2.45, 2.75) is 19.9 Å². The molecular weight excluding hydrogens is 314 g/mol. The van der Waals surface area contributed by atoms with Crippen LogP contribution in [0.5, 0.6) is 0 Å². The molecule has 1 atom stereocenters. The fraction of sp³-hybridized carbons (Fsp3) is 0.500. The fourth-order valence-electron chi connectivity index (χ4n) is 3.22. The Balaban J connectivity index is 1.70. The molecule has 7 nitrogen and oxygen atoms in total. The van der Waals surface area contributed by atoms with Gasteiger partial charge in [-0.3, -0.25) is 4.90 Å². The molecule has 0 aliphatic carbocycles. The summed E-state index contributed by atoms with van der Waals surface area (Å²) in [4.78, 5) is 19.8. The number of piperazine rings is 1. The van der Waals surface area contributed by atoms with Crippen LogP contribution in [0.15, 0.2) is 24.3 Å². The first-order valence-electron chi connectivity index (χ1n) is 8.69. The van der Waals surface area contributed by atoms with Gasteiger partial charge < -0.3 is 15.5 Å². The number of hydrogen-bond donors (Lipinski definition) is 1. The minimum Gasteiger partial charge on any atom is -0.369 e. The van der Waals surface area contributed by atoms with Crippen LogP contribution < -0.4 is 15.5 Å². The molecule has 3 rings (SSSR count). The van der Waals surface area contributed by atoms with E-state index < -0.39 is 0 Å². The molecule has 2 N–H and O–H groups in total. The zero-order chi connectivity index (χ0) is 18.0. The molecule has 1 fully saturated rings. The predicted molar refractivity (Wildman–Crippen MR) is 102 cm³/mol. The third kappa shape index (κ3) is 3.82. The van der Waals surface area contributed by atoms with E-state index in [1.807, 2.05) is 19.0 Å². The molecule has 0 saturated carbocycles.